The summed E-state index contributed by atoms with van der Waals surface area (Å²) in [6.07, 6.45) is 1.18. The Morgan fingerprint density at radius 2 is 1.83 bits per heavy atom. The molecule has 3 nitrogen and oxygen atoms in total. The molecule has 0 fully saturated rings. The molecule has 1 atom stereocenters. The van der Waals surface area contributed by atoms with E-state index in [2.05, 4.69) is 0 Å². The normalized spacial score (nSPS) is 13.1. The monoisotopic (exact) mass is 249 g/mol. The van der Waals surface area contributed by atoms with E-state index in [1.165, 1.54) is 0 Å². The van der Waals surface area contributed by atoms with Crippen LogP contribution in [0, 0.1) is 5.41 Å². The van der Waals surface area contributed by atoms with Crippen LogP contribution in [-0.4, -0.2) is 12.5 Å². The molecule has 3 heteroatoms. The first-order valence-electron chi connectivity index (χ1n) is 6.55. The standard InChI is InChI=1S/C15H23NO2/c1-4-15(5-2,11-16)14(17)18-12(3)13-9-7-6-8-10-13/h6-10,12H,4-5,11,16H2,1-3H3. The van der Waals surface area contributed by atoms with Crippen LogP contribution >= 0.6 is 0 Å². The SMILES string of the molecule is CCC(CC)(CN)C(=O)OC(C)c1ccccc1. The maximum Gasteiger partial charge on any atom is 0.313 e. The number of rotatable bonds is 6. The molecule has 0 aliphatic heterocycles. The highest BCUT2D eigenvalue weighted by molar-refractivity contribution is 5.77. The van der Waals surface area contributed by atoms with Crippen LogP contribution in [0.2, 0.25) is 0 Å². The van der Waals surface area contributed by atoms with Gasteiger partial charge in [0.1, 0.15) is 6.10 Å². The van der Waals surface area contributed by atoms with E-state index in [0.29, 0.717) is 19.4 Å². The average Bonchev–Trinajstić information content (AvgIpc) is 2.42. The van der Waals surface area contributed by atoms with Crippen molar-refractivity contribution in [3.05, 3.63) is 35.9 Å². The lowest BCUT2D eigenvalue weighted by Crippen LogP contribution is -2.39. The molecule has 0 aliphatic carbocycles. The van der Waals surface area contributed by atoms with Gasteiger partial charge in [-0.05, 0) is 25.3 Å². The van der Waals surface area contributed by atoms with Gasteiger partial charge in [0.05, 0.1) is 5.41 Å². The average molecular weight is 249 g/mol. The maximum atomic E-state index is 12.2. The fourth-order valence-corrected chi connectivity index (χ4v) is 1.99. The van der Waals surface area contributed by atoms with Gasteiger partial charge in [0, 0.05) is 6.54 Å². The number of nitrogens with two attached hydrogens (primary N) is 1. The largest absolute Gasteiger partial charge is 0.457 e. The Bertz CT molecular complexity index is 363. The van der Waals surface area contributed by atoms with Gasteiger partial charge in [-0.15, -0.1) is 0 Å². The number of ether oxygens (including phenoxy) is 1. The maximum absolute atomic E-state index is 12.2. The topological polar surface area (TPSA) is 52.3 Å². The summed E-state index contributed by atoms with van der Waals surface area (Å²) in [6, 6.07) is 9.74. The van der Waals surface area contributed by atoms with Crippen LogP contribution in [0.1, 0.15) is 45.3 Å². The highest BCUT2D eigenvalue weighted by Crippen LogP contribution is 2.29. The first-order valence-corrected chi connectivity index (χ1v) is 6.55. The molecule has 0 aliphatic rings. The van der Waals surface area contributed by atoms with E-state index >= 15 is 0 Å². The number of benzene rings is 1. The van der Waals surface area contributed by atoms with Gasteiger partial charge in [-0.3, -0.25) is 4.79 Å². The molecule has 0 saturated carbocycles. The Morgan fingerprint density at radius 3 is 2.28 bits per heavy atom. The lowest BCUT2D eigenvalue weighted by molar-refractivity contribution is -0.161. The molecule has 0 bridgehead atoms. The van der Waals surface area contributed by atoms with Gasteiger partial charge in [0.25, 0.3) is 0 Å². The van der Waals surface area contributed by atoms with Crippen LogP contribution in [0.15, 0.2) is 30.3 Å². The summed E-state index contributed by atoms with van der Waals surface area (Å²) in [5, 5.41) is 0. The minimum absolute atomic E-state index is 0.189. The predicted molar refractivity (Wildman–Crippen MR) is 73.0 cm³/mol. The summed E-state index contributed by atoms with van der Waals surface area (Å²) in [7, 11) is 0. The lowest BCUT2D eigenvalue weighted by Gasteiger charge is -2.29. The van der Waals surface area contributed by atoms with Crippen molar-refractivity contribution in [2.24, 2.45) is 11.1 Å². The van der Waals surface area contributed by atoms with E-state index in [9.17, 15) is 4.79 Å². The van der Waals surface area contributed by atoms with Gasteiger partial charge in [0.15, 0.2) is 0 Å². The molecule has 1 aromatic carbocycles. The molecule has 0 radical (unpaired) electrons. The zero-order valence-electron chi connectivity index (χ0n) is 11.5. The quantitative estimate of drug-likeness (QED) is 0.788. The molecule has 100 valence electrons. The number of hydrogen-bond donors (Lipinski definition) is 1. The molecule has 0 spiro atoms. The summed E-state index contributed by atoms with van der Waals surface area (Å²) < 4.78 is 5.56. The number of esters is 1. The Labute approximate surface area is 109 Å². The smallest absolute Gasteiger partial charge is 0.313 e. The van der Waals surface area contributed by atoms with Crippen molar-refractivity contribution in [1.29, 1.82) is 0 Å². The van der Waals surface area contributed by atoms with Crippen molar-refractivity contribution in [2.75, 3.05) is 6.54 Å². The van der Waals surface area contributed by atoms with Crippen molar-refractivity contribution in [1.82, 2.24) is 0 Å². The molecule has 2 N–H and O–H groups in total. The molecule has 0 saturated heterocycles. The van der Waals surface area contributed by atoms with Crippen molar-refractivity contribution >= 4 is 5.97 Å². The van der Waals surface area contributed by atoms with E-state index in [1.807, 2.05) is 51.1 Å². The third kappa shape index (κ3) is 3.10. The van der Waals surface area contributed by atoms with Gasteiger partial charge in [0.2, 0.25) is 0 Å². The van der Waals surface area contributed by atoms with Gasteiger partial charge in [-0.2, -0.15) is 0 Å². The molecule has 0 amide bonds. The summed E-state index contributed by atoms with van der Waals surface area (Å²) in [6.45, 7) is 6.18. The van der Waals surface area contributed by atoms with Crippen LogP contribution < -0.4 is 5.73 Å². The molecule has 0 aromatic heterocycles. The van der Waals surface area contributed by atoms with E-state index < -0.39 is 5.41 Å². The second-order valence-electron chi connectivity index (χ2n) is 4.65. The predicted octanol–water partition coefficient (Wildman–Crippen LogP) is 3.06. The van der Waals surface area contributed by atoms with Crippen molar-refractivity contribution < 1.29 is 9.53 Å². The summed E-state index contributed by atoms with van der Waals surface area (Å²) in [5.41, 5.74) is 6.21. The zero-order chi connectivity index (χ0) is 13.6. The first kappa shape index (κ1) is 14.7. The van der Waals surface area contributed by atoms with Gasteiger partial charge >= 0.3 is 5.97 Å². The lowest BCUT2D eigenvalue weighted by atomic mass is 9.82. The molecular formula is C15H23NO2. The minimum Gasteiger partial charge on any atom is -0.457 e. The molecule has 0 heterocycles. The van der Waals surface area contributed by atoms with Crippen molar-refractivity contribution in [3.8, 4) is 0 Å². The minimum atomic E-state index is -0.539. The summed E-state index contributed by atoms with van der Waals surface area (Å²) in [5.74, 6) is -0.189. The van der Waals surface area contributed by atoms with Crippen LogP contribution in [0.25, 0.3) is 0 Å². The van der Waals surface area contributed by atoms with E-state index in [0.717, 1.165) is 5.56 Å². The van der Waals surface area contributed by atoms with Gasteiger partial charge in [-0.25, -0.2) is 0 Å². The van der Waals surface area contributed by atoms with E-state index in [1.54, 1.807) is 0 Å². The Morgan fingerprint density at radius 1 is 1.28 bits per heavy atom. The second-order valence-corrected chi connectivity index (χ2v) is 4.65. The Balaban J connectivity index is 2.75. The number of hydrogen-bond acceptors (Lipinski definition) is 3. The Hall–Kier alpha value is -1.35. The molecule has 18 heavy (non-hydrogen) atoms. The molecule has 1 rings (SSSR count). The van der Waals surface area contributed by atoms with Crippen LogP contribution in [0.3, 0.4) is 0 Å². The van der Waals surface area contributed by atoms with Crippen LogP contribution in [0.4, 0.5) is 0 Å². The fraction of sp³-hybridized carbons (Fsp3) is 0.533. The second kappa shape index (κ2) is 6.55. The van der Waals surface area contributed by atoms with Gasteiger partial charge in [-0.1, -0.05) is 44.2 Å². The number of carbonyl (C=O) groups is 1. The third-order valence-corrected chi connectivity index (χ3v) is 3.73. The number of carbonyl (C=O) groups excluding carboxylic acids is 1. The van der Waals surface area contributed by atoms with Crippen LogP contribution in [-0.2, 0) is 9.53 Å². The summed E-state index contributed by atoms with van der Waals surface area (Å²) >= 11 is 0. The van der Waals surface area contributed by atoms with Crippen molar-refractivity contribution in [3.63, 3.8) is 0 Å². The summed E-state index contributed by atoms with van der Waals surface area (Å²) in [4.78, 5) is 12.2. The first-order chi connectivity index (χ1) is 8.59. The van der Waals surface area contributed by atoms with E-state index in [4.69, 9.17) is 10.5 Å². The molecule has 1 unspecified atom stereocenters. The van der Waals surface area contributed by atoms with E-state index in [-0.39, 0.29) is 12.1 Å². The van der Waals surface area contributed by atoms with Crippen LogP contribution in [0.5, 0.6) is 0 Å². The zero-order valence-corrected chi connectivity index (χ0v) is 11.5. The highest BCUT2D eigenvalue weighted by atomic mass is 16.5. The fourth-order valence-electron chi connectivity index (χ4n) is 1.99. The Kier molecular flexibility index (Phi) is 5.35. The van der Waals surface area contributed by atoms with Crippen molar-refractivity contribution in [2.45, 2.75) is 39.7 Å². The third-order valence-electron chi connectivity index (χ3n) is 3.73. The molecular weight excluding hydrogens is 226 g/mol. The van der Waals surface area contributed by atoms with Gasteiger partial charge < -0.3 is 10.5 Å². The molecule has 1 aromatic rings. The highest BCUT2D eigenvalue weighted by Gasteiger charge is 2.36.